The van der Waals surface area contributed by atoms with Gasteiger partial charge in [0.05, 0.1) is 17.7 Å². The molecule has 2 rings (SSSR count). The normalized spacial score (nSPS) is 28.3. The third-order valence-electron chi connectivity index (χ3n) is 4.79. The lowest BCUT2D eigenvalue weighted by atomic mass is 9.66. The quantitative estimate of drug-likeness (QED) is 0.913. The first kappa shape index (κ1) is 15.1. The molecule has 0 amide bonds. The molecule has 1 aliphatic carbocycles. The van der Waals surface area contributed by atoms with E-state index in [4.69, 9.17) is 0 Å². The summed E-state index contributed by atoms with van der Waals surface area (Å²) in [5.41, 5.74) is 0.145. The highest BCUT2D eigenvalue weighted by molar-refractivity contribution is 5.18. The van der Waals surface area contributed by atoms with Crippen molar-refractivity contribution < 1.29 is 5.11 Å². The van der Waals surface area contributed by atoms with Crippen LogP contribution in [0.25, 0.3) is 0 Å². The molecular formula is C16H25N3O. The van der Waals surface area contributed by atoms with E-state index in [2.05, 4.69) is 31.9 Å². The molecule has 110 valence electrons. The van der Waals surface area contributed by atoms with Crippen molar-refractivity contribution in [1.82, 2.24) is 9.78 Å². The van der Waals surface area contributed by atoms with Crippen LogP contribution in [0.1, 0.15) is 70.6 Å². The van der Waals surface area contributed by atoms with E-state index in [1.807, 2.05) is 10.9 Å². The Labute approximate surface area is 121 Å². The lowest BCUT2D eigenvalue weighted by Crippen LogP contribution is -2.32. The van der Waals surface area contributed by atoms with Gasteiger partial charge in [0.1, 0.15) is 6.10 Å². The Morgan fingerprint density at radius 3 is 2.60 bits per heavy atom. The summed E-state index contributed by atoms with van der Waals surface area (Å²) in [4.78, 5) is 0. The van der Waals surface area contributed by atoms with Gasteiger partial charge >= 0.3 is 0 Å². The maximum absolute atomic E-state index is 10.7. The van der Waals surface area contributed by atoms with Crippen molar-refractivity contribution in [1.29, 1.82) is 5.26 Å². The largest absolute Gasteiger partial charge is 0.387 e. The summed E-state index contributed by atoms with van der Waals surface area (Å²) in [5.74, 6) is 0.710. The van der Waals surface area contributed by atoms with Crippen LogP contribution in [0.5, 0.6) is 0 Å². The van der Waals surface area contributed by atoms with Gasteiger partial charge in [0.15, 0.2) is 0 Å². The maximum Gasteiger partial charge on any atom is 0.101 e. The fraction of sp³-hybridized carbons (Fsp3) is 0.750. The van der Waals surface area contributed by atoms with Crippen LogP contribution in [0.4, 0.5) is 0 Å². The predicted molar refractivity (Wildman–Crippen MR) is 77.9 cm³/mol. The van der Waals surface area contributed by atoms with Crippen LogP contribution in [-0.4, -0.2) is 14.9 Å². The van der Waals surface area contributed by atoms with Gasteiger partial charge in [-0.25, -0.2) is 0 Å². The van der Waals surface area contributed by atoms with Crippen LogP contribution >= 0.6 is 0 Å². The van der Waals surface area contributed by atoms with Crippen LogP contribution in [-0.2, 0) is 0 Å². The second-order valence-electron chi connectivity index (χ2n) is 6.37. The van der Waals surface area contributed by atoms with E-state index >= 15 is 0 Å². The minimum Gasteiger partial charge on any atom is -0.387 e. The zero-order valence-corrected chi connectivity index (χ0v) is 12.7. The first-order valence-corrected chi connectivity index (χ1v) is 7.65. The van der Waals surface area contributed by atoms with Crippen molar-refractivity contribution in [2.24, 2.45) is 11.3 Å². The van der Waals surface area contributed by atoms with Gasteiger partial charge in [0, 0.05) is 17.8 Å². The molecule has 0 spiro atoms. The molecule has 0 aromatic carbocycles. The lowest BCUT2D eigenvalue weighted by molar-refractivity contribution is 0.0242. The number of nitrogens with zero attached hydrogens (tertiary/aromatic N) is 3. The topological polar surface area (TPSA) is 61.8 Å². The zero-order chi connectivity index (χ0) is 14.8. The van der Waals surface area contributed by atoms with E-state index in [9.17, 15) is 10.4 Å². The summed E-state index contributed by atoms with van der Waals surface area (Å²) in [6, 6.07) is 2.68. The fourth-order valence-corrected chi connectivity index (χ4v) is 3.14. The number of aliphatic hydroxyl groups excluding tert-OH is 1. The standard InChI is InChI=1S/C16H25N3O/c1-4-13-5-7-16(11-17,8-6-13)15(20)14-9-18-19(10-14)12(2)3/h9-10,12-13,15,20H,4-8H2,1-3H3. The predicted octanol–water partition coefficient (Wildman–Crippen LogP) is 3.61. The van der Waals surface area contributed by atoms with E-state index in [-0.39, 0.29) is 6.04 Å². The average Bonchev–Trinajstić information content (AvgIpc) is 2.96. The van der Waals surface area contributed by atoms with Crippen LogP contribution in [0, 0.1) is 22.7 Å². The van der Waals surface area contributed by atoms with Crippen molar-refractivity contribution in [2.75, 3.05) is 0 Å². The van der Waals surface area contributed by atoms with Crippen molar-refractivity contribution in [3.8, 4) is 6.07 Å². The lowest BCUT2D eigenvalue weighted by Gasteiger charge is -2.37. The fourth-order valence-electron chi connectivity index (χ4n) is 3.14. The molecule has 0 aliphatic heterocycles. The molecule has 1 aromatic rings. The summed E-state index contributed by atoms with van der Waals surface area (Å²) in [5, 5.41) is 24.6. The Morgan fingerprint density at radius 1 is 1.50 bits per heavy atom. The smallest absolute Gasteiger partial charge is 0.101 e. The first-order chi connectivity index (χ1) is 9.52. The summed E-state index contributed by atoms with van der Waals surface area (Å²) in [7, 11) is 0. The monoisotopic (exact) mass is 275 g/mol. The van der Waals surface area contributed by atoms with Crippen LogP contribution < -0.4 is 0 Å². The average molecular weight is 275 g/mol. The number of hydrogen-bond acceptors (Lipinski definition) is 3. The minimum absolute atomic E-state index is 0.268. The second kappa shape index (κ2) is 5.97. The van der Waals surface area contributed by atoms with Gasteiger partial charge in [-0.1, -0.05) is 13.3 Å². The molecule has 1 heterocycles. The van der Waals surface area contributed by atoms with Crippen molar-refractivity contribution >= 4 is 0 Å². The molecule has 1 atom stereocenters. The van der Waals surface area contributed by atoms with E-state index in [0.29, 0.717) is 5.92 Å². The Hall–Kier alpha value is -1.34. The Morgan fingerprint density at radius 2 is 2.15 bits per heavy atom. The summed E-state index contributed by atoms with van der Waals surface area (Å²) in [6.07, 6.45) is 7.68. The third-order valence-corrected chi connectivity index (χ3v) is 4.79. The molecule has 20 heavy (non-hydrogen) atoms. The highest BCUT2D eigenvalue weighted by Gasteiger charge is 2.42. The number of aliphatic hydroxyl groups is 1. The molecule has 4 nitrogen and oxygen atoms in total. The SMILES string of the molecule is CCC1CCC(C#N)(C(O)c2cnn(C(C)C)c2)CC1. The maximum atomic E-state index is 10.7. The zero-order valence-electron chi connectivity index (χ0n) is 12.7. The summed E-state index contributed by atoms with van der Waals surface area (Å²) >= 11 is 0. The number of hydrogen-bond donors (Lipinski definition) is 1. The van der Waals surface area contributed by atoms with Crippen molar-refractivity contribution in [3.05, 3.63) is 18.0 Å². The molecule has 1 fully saturated rings. The molecule has 1 aromatic heterocycles. The Balaban J connectivity index is 2.17. The second-order valence-corrected chi connectivity index (χ2v) is 6.37. The third kappa shape index (κ3) is 2.73. The van der Waals surface area contributed by atoms with Gasteiger partial charge < -0.3 is 5.11 Å². The molecule has 4 heteroatoms. The van der Waals surface area contributed by atoms with Gasteiger partial charge in [-0.2, -0.15) is 10.4 Å². The van der Waals surface area contributed by atoms with Crippen LogP contribution in [0.3, 0.4) is 0 Å². The Bertz CT molecular complexity index is 478. The summed E-state index contributed by atoms with van der Waals surface area (Å²) < 4.78 is 1.83. The molecule has 1 aliphatic rings. The summed E-state index contributed by atoms with van der Waals surface area (Å²) in [6.45, 7) is 6.30. The van der Waals surface area contributed by atoms with Gasteiger partial charge in [-0.15, -0.1) is 0 Å². The molecule has 1 unspecified atom stereocenters. The molecule has 1 saturated carbocycles. The first-order valence-electron chi connectivity index (χ1n) is 7.65. The minimum atomic E-state index is -0.724. The van der Waals surface area contributed by atoms with E-state index < -0.39 is 11.5 Å². The highest BCUT2D eigenvalue weighted by Crippen LogP contribution is 2.47. The number of rotatable bonds is 4. The van der Waals surface area contributed by atoms with E-state index in [0.717, 1.165) is 31.2 Å². The van der Waals surface area contributed by atoms with Crippen LogP contribution in [0.15, 0.2) is 12.4 Å². The van der Waals surface area contributed by atoms with Crippen LogP contribution in [0.2, 0.25) is 0 Å². The molecule has 0 saturated heterocycles. The van der Waals surface area contributed by atoms with Crippen molar-refractivity contribution in [3.63, 3.8) is 0 Å². The highest BCUT2D eigenvalue weighted by atomic mass is 16.3. The number of nitriles is 1. The van der Waals surface area contributed by atoms with Gasteiger partial charge in [-0.05, 0) is 45.4 Å². The van der Waals surface area contributed by atoms with E-state index in [1.54, 1.807) is 6.20 Å². The van der Waals surface area contributed by atoms with E-state index in [1.165, 1.54) is 6.42 Å². The molecular weight excluding hydrogens is 250 g/mol. The van der Waals surface area contributed by atoms with Gasteiger partial charge in [-0.3, -0.25) is 4.68 Å². The van der Waals surface area contributed by atoms with Gasteiger partial charge in [0.2, 0.25) is 0 Å². The van der Waals surface area contributed by atoms with Crippen molar-refractivity contribution in [2.45, 2.75) is 65.0 Å². The van der Waals surface area contributed by atoms with Gasteiger partial charge in [0.25, 0.3) is 0 Å². The molecule has 1 N–H and O–H groups in total. The molecule has 0 radical (unpaired) electrons. The molecule has 0 bridgehead atoms. The Kier molecular flexibility index (Phi) is 4.49. The number of aromatic nitrogens is 2.